The van der Waals surface area contributed by atoms with E-state index < -0.39 is 0 Å². The monoisotopic (exact) mass is 404 g/mol. The summed E-state index contributed by atoms with van der Waals surface area (Å²) in [4.78, 5) is 35.3. The van der Waals surface area contributed by atoms with Crippen LogP contribution in [0.2, 0.25) is 0 Å². The summed E-state index contributed by atoms with van der Waals surface area (Å²) in [7, 11) is 0. The van der Waals surface area contributed by atoms with Crippen molar-refractivity contribution in [2.75, 3.05) is 16.8 Å². The van der Waals surface area contributed by atoms with Crippen LogP contribution in [0, 0.1) is 12.8 Å². The van der Waals surface area contributed by atoms with E-state index in [4.69, 9.17) is 0 Å². The van der Waals surface area contributed by atoms with E-state index in [1.807, 2.05) is 35.9 Å². The third-order valence-electron chi connectivity index (χ3n) is 5.01. The van der Waals surface area contributed by atoms with E-state index in [2.05, 4.69) is 27.3 Å². The maximum atomic E-state index is 12.8. The molecule has 0 saturated heterocycles. The van der Waals surface area contributed by atoms with Crippen molar-refractivity contribution in [3.8, 4) is 11.3 Å². The minimum Gasteiger partial charge on any atom is -0.325 e. The zero-order chi connectivity index (χ0) is 21.1. The molecule has 1 unspecified atom stereocenters. The van der Waals surface area contributed by atoms with Gasteiger partial charge in [0.1, 0.15) is 5.82 Å². The number of nitrogens with zero attached hydrogens (tertiary/aromatic N) is 5. The predicted molar refractivity (Wildman–Crippen MR) is 114 cm³/mol. The molecule has 4 rings (SSSR count). The summed E-state index contributed by atoms with van der Waals surface area (Å²) in [6.45, 7) is 5.45. The lowest BCUT2D eigenvalue weighted by molar-refractivity contribution is -0.122. The van der Waals surface area contributed by atoms with Gasteiger partial charge in [0.25, 0.3) is 0 Å². The van der Waals surface area contributed by atoms with Gasteiger partial charge in [-0.3, -0.25) is 24.5 Å². The van der Waals surface area contributed by atoms with Crippen LogP contribution in [-0.4, -0.2) is 38.1 Å². The van der Waals surface area contributed by atoms with E-state index in [1.165, 1.54) is 0 Å². The first-order chi connectivity index (χ1) is 14.5. The maximum Gasteiger partial charge on any atom is 0.228 e. The van der Waals surface area contributed by atoms with Crippen LogP contribution in [0.5, 0.6) is 0 Å². The molecule has 3 aromatic rings. The second-order valence-corrected chi connectivity index (χ2v) is 7.66. The van der Waals surface area contributed by atoms with E-state index in [9.17, 15) is 9.59 Å². The highest BCUT2D eigenvalue weighted by molar-refractivity contribution is 5.97. The smallest absolute Gasteiger partial charge is 0.228 e. The van der Waals surface area contributed by atoms with E-state index in [1.54, 1.807) is 29.6 Å². The topological polar surface area (TPSA) is 93.0 Å². The molecule has 8 nitrogen and oxygen atoms in total. The van der Waals surface area contributed by atoms with Gasteiger partial charge in [0.15, 0.2) is 0 Å². The molecular formula is C22H24N6O2. The molecule has 0 fully saturated rings. The zero-order valence-electron chi connectivity index (χ0n) is 17.1. The summed E-state index contributed by atoms with van der Waals surface area (Å²) >= 11 is 0. The second-order valence-electron chi connectivity index (χ2n) is 7.66. The van der Waals surface area contributed by atoms with Crippen molar-refractivity contribution in [2.45, 2.75) is 33.2 Å². The summed E-state index contributed by atoms with van der Waals surface area (Å²) in [6, 6.07) is 9.31. The van der Waals surface area contributed by atoms with Crippen LogP contribution in [0.15, 0.2) is 48.9 Å². The lowest BCUT2D eigenvalue weighted by Crippen LogP contribution is -2.41. The first kappa shape index (κ1) is 19.8. The summed E-state index contributed by atoms with van der Waals surface area (Å²) in [6.07, 6.45) is 5.31. The summed E-state index contributed by atoms with van der Waals surface area (Å²) in [5.74, 6) is 0.849. The third-order valence-corrected chi connectivity index (χ3v) is 5.01. The largest absolute Gasteiger partial charge is 0.325 e. The maximum absolute atomic E-state index is 12.8. The molecule has 30 heavy (non-hydrogen) atoms. The number of amides is 2. The fourth-order valence-corrected chi connectivity index (χ4v) is 3.60. The Morgan fingerprint density at radius 3 is 2.77 bits per heavy atom. The first-order valence-electron chi connectivity index (χ1n) is 10.0. The molecule has 8 heteroatoms. The van der Waals surface area contributed by atoms with Crippen LogP contribution < -0.4 is 10.2 Å². The highest BCUT2D eigenvalue weighted by Crippen LogP contribution is 2.25. The Hall–Kier alpha value is -3.55. The van der Waals surface area contributed by atoms with Crippen LogP contribution >= 0.6 is 0 Å². The van der Waals surface area contributed by atoms with Crippen LogP contribution in [0.3, 0.4) is 0 Å². The number of nitrogens with one attached hydrogen (secondary N) is 1. The Morgan fingerprint density at radius 2 is 2.03 bits per heavy atom. The minimum atomic E-state index is -0.214. The molecule has 1 N–H and O–H groups in total. The van der Waals surface area contributed by atoms with Crippen LogP contribution in [0.4, 0.5) is 11.5 Å². The summed E-state index contributed by atoms with van der Waals surface area (Å²) < 4.78 is 1.87. The second kappa shape index (κ2) is 8.44. The number of aromatic nitrogens is 4. The molecule has 4 heterocycles. The predicted octanol–water partition coefficient (Wildman–Crippen LogP) is 3.05. The zero-order valence-corrected chi connectivity index (χ0v) is 17.1. The normalized spacial score (nSPS) is 15.5. The van der Waals surface area contributed by atoms with Crippen molar-refractivity contribution in [3.05, 3.63) is 54.6 Å². The number of carbonyl (C=O) groups is 2. The van der Waals surface area contributed by atoms with Gasteiger partial charge < -0.3 is 5.32 Å². The quantitative estimate of drug-likeness (QED) is 0.705. The molecule has 154 valence electrons. The van der Waals surface area contributed by atoms with E-state index in [0.29, 0.717) is 18.2 Å². The van der Waals surface area contributed by atoms with Crippen molar-refractivity contribution in [3.63, 3.8) is 0 Å². The fraction of sp³-hybridized carbons (Fsp3) is 0.318. The Morgan fingerprint density at radius 1 is 1.17 bits per heavy atom. The first-order valence-corrected chi connectivity index (χ1v) is 10.0. The molecule has 2 amide bonds. The van der Waals surface area contributed by atoms with Gasteiger partial charge in [-0.2, -0.15) is 5.10 Å². The molecule has 0 saturated carbocycles. The molecule has 0 spiro atoms. The number of fused-ring (bicyclic) bond motifs is 1. The number of hydrogen-bond acceptors (Lipinski definition) is 5. The van der Waals surface area contributed by atoms with Gasteiger partial charge in [0.05, 0.1) is 23.3 Å². The van der Waals surface area contributed by atoms with E-state index in [0.717, 1.165) is 29.3 Å². The molecular weight excluding hydrogens is 380 g/mol. The standard InChI is InChI=1S/C22H24N6O2/c1-15-13-27(21-10-16(2)26-28(21)14-15)22(30)8-7-20(29)25-18-5-6-19(24-12-18)17-4-3-9-23-11-17/h3-6,9-12,15H,7-8,13-14H2,1-2H3,(H,25,29). The van der Waals surface area contributed by atoms with Gasteiger partial charge in [0.2, 0.25) is 11.8 Å². The van der Waals surface area contributed by atoms with Gasteiger partial charge in [0, 0.05) is 50.0 Å². The lowest BCUT2D eigenvalue weighted by Gasteiger charge is -2.31. The number of aryl methyl sites for hydroxylation is 1. The van der Waals surface area contributed by atoms with Crippen LogP contribution in [0.25, 0.3) is 11.3 Å². The molecule has 0 radical (unpaired) electrons. The minimum absolute atomic E-state index is 0.0668. The average molecular weight is 404 g/mol. The highest BCUT2D eigenvalue weighted by Gasteiger charge is 2.27. The van der Waals surface area contributed by atoms with Crippen molar-refractivity contribution < 1.29 is 9.59 Å². The molecule has 0 aliphatic carbocycles. The average Bonchev–Trinajstić information content (AvgIpc) is 3.12. The molecule has 1 aliphatic heterocycles. The Kier molecular flexibility index (Phi) is 5.56. The molecule has 0 aromatic carbocycles. The van der Waals surface area contributed by atoms with E-state index >= 15 is 0 Å². The van der Waals surface area contributed by atoms with Crippen LogP contribution in [0.1, 0.15) is 25.5 Å². The molecule has 1 aliphatic rings. The number of carbonyl (C=O) groups excluding carboxylic acids is 2. The fourth-order valence-electron chi connectivity index (χ4n) is 3.60. The molecule has 0 bridgehead atoms. The molecule has 3 aromatic heterocycles. The number of anilines is 2. The lowest BCUT2D eigenvalue weighted by atomic mass is 10.1. The summed E-state index contributed by atoms with van der Waals surface area (Å²) in [5.41, 5.74) is 3.17. The summed E-state index contributed by atoms with van der Waals surface area (Å²) in [5, 5.41) is 7.25. The third kappa shape index (κ3) is 4.37. The Bertz CT molecular complexity index is 1050. The van der Waals surface area contributed by atoms with Gasteiger partial charge in [-0.25, -0.2) is 4.68 Å². The highest BCUT2D eigenvalue weighted by atomic mass is 16.2. The number of pyridine rings is 2. The van der Waals surface area contributed by atoms with Crippen LogP contribution in [-0.2, 0) is 16.1 Å². The van der Waals surface area contributed by atoms with Crippen molar-refractivity contribution in [1.82, 2.24) is 19.7 Å². The van der Waals surface area contributed by atoms with Gasteiger partial charge in [-0.1, -0.05) is 6.92 Å². The SMILES string of the molecule is Cc1cc2n(n1)CC(C)CN2C(=O)CCC(=O)Nc1ccc(-c2cccnc2)nc1. The van der Waals surface area contributed by atoms with Crippen molar-refractivity contribution >= 4 is 23.3 Å². The van der Waals surface area contributed by atoms with Crippen molar-refractivity contribution in [2.24, 2.45) is 5.92 Å². The van der Waals surface area contributed by atoms with Gasteiger partial charge >= 0.3 is 0 Å². The Balaban J connectivity index is 1.33. The Labute approximate surface area is 175 Å². The molecule has 1 atom stereocenters. The van der Waals surface area contributed by atoms with E-state index in [-0.39, 0.29) is 24.7 Å². The number of rotatable bonds is 5. The number of hydrogen-bond donors (Lipinski definition) is 1. The van der Waals surface area contributed by atoms with Gasteiger partial charge in [-0.15, -0.1) is 0 Å². The van der Waals surface area contributed by atoms with Crippen molar-refractivity contribution in [1.29, 1.82) is 0 Å². The van der Waals surface area contributed by atoms with Gasteiger partial charge in [-0.05, 0) is 37.1 Å².